The fourth-order valence-corrected chi connectivity index (χ4v) is 4.44. The molecule has 2 aromatic rings. The van der Waals surface area contributed by atoms with Crippen LogP contribution in [0.2, 0.25) is 0 Å². The van der Waals surface area contributed by atoms with Gasteiger partial charge in [0.1, 0.15) is 5.75 Å². The lowest BCUT2D eigenvalue weighted by molar-refractivity contribution is 0.307. The maximum Gasteiger partial charge on any atom is 0.127 e. The minimum atomic E-state index is 0.554. The Balaban J connectivity index is 1.67. The van der Waals surface area contributed by atoms with E-state index in [0.29, 0.717) is 12.0 Å². The molecule has 2 heterocycles. The van der Waals surface area contributed by atoms with E-state index >= 15 is 0 Å². The predicted molar refractivity (Wildman–Crippen MR) is 109 cm³/mol. The molecule has 26 heavy (non-hydrogen) atoms. The molecule has 2 atom stereocenters. The van der Waals surface area contributed by atoms with Crippen LogP contribution in [0.15, 0.2) is 42.5 Å². The van der Waals surface area contributed by atoms with Gasteiger partial charge in [-0.3, -0.25) is 0 Å². The van der Waals surface area contributed by atoms with Gasteiger partial charge in [-0.15, -0.1) is 0 Å². The number of fused-ring (bicyclic) bond motifs is 3. The number of benzene rings is 2. The van der Waals surface area contributed by atoms with Crippen LogP contribution in [-0.2, 0) is 0 Å². The number of rotatable bonds is 6. The number of hydrogen-bond acceptors (Lipinski definition) is 3. The fourth-order valence-electron chi connectivity index (χ4n) is 4.44. The molecule has 0 amide bonds. The van der Waals surface area contributed by atoms with Gasteiger partial charge < -0.3 is 15.4 Å². The van der Waals surface area contributed by atoms with Gasteiger partial charge in [-0.2, -0.15) is 0 Å². The number of nitrogens with one attached hydrogen (secondary N) is 2. The summed E-state index contributed by atoms with van der Waals surface area (Å²) in [6, 6.07) is 15.8. The van der Waals surface area contributed by atoms with Crippen LogP contribution < -0.4 is 15.4 Å². The number of ether oxygens (including phenoxy) is 1. The van der Waals surface area contributed by atoms with Crippen LogP contribution in [0.4, 0.5) is 5.69 Å². The first-order valence-corrected chi connectivity index (χ1v) is 10.2. The third-order valence-electron chi connectivity index (χ3n) is 5.75. The van der Waals surface area contributed by atoms with Crippen LogP contribution in [0.25, 0.3) is 11.1 Å². The summed E-state index contributed by atoms with van der Waals surface area (Å²) >= 11 is 0. The Bertz CT molecular complexity index is 743. The van der Waals surface area contributed by atoms with Crippen LogP contribution in [0.5, 0.6) is 5.75 Å². The first-order chi connectivity index (χ1) is 12.9. The van der Waals surface area contributed by atoms with E-state index in [1.807, 2.05) is 0 Å². The number of unbranched alkanes of at least 4 members (excludes halogenated alkanes) is 2. The monoisotopic (exact) mass is 350 g/mol. The zero-order valence-electron chi connectivity index (χ0n) is 15.8. The summed E-state index contributed by atoms with van der Waals surface area (Å²) in [6.45, 7) is 5.24. The van der Waals surface area contributed by atoms with E-state index in [9.17, 15) is 0 Å². The topological polar surface area (TPSA) is 33.3 Å². The second kappa shape index (κ2) is 8.13. The molecular formula is C23H30N2O. The van der Waals surface area contributed by atoms with Gasteiger partial charge in [0, 0.05) is 23.2 Å². The predicted octanol–water partition coefficient (Wildman–Crippen LogP) is 5.18. The normalized spacial score (nSPS) is 21.4. The highest BCUT2D eigenvalue weighted by atomic mass is 16.5. The van der Waals surface area contributed by atoms with E-state index in [-0.39, 0.29) is 0 Å². The quantitative estimate of drug-likeness (QED) is 0.704. The second-order valence-corrected chi connectivity index (χ2v) is 7.50. The largest absolute Gasteiger partial charge is 0.493 e. The minimum absolute atomic E-state index is 0.554. The standard InChI is InChI=1S/C23H30N2O/c1-2-3-6-16-26-22-11-5-4-8-17(22)18-9-7-10-21-23(18)19-12-14-24-15-13-20(19)25-21/h4-5,7-11,19-20,24-25H,2-3,6,12-16H2,1H3/t19-,20-/m0/s1. The van der Waals surface area contributed by atoms with E-state index in [2.05, 4.69) is 60.0 Å². The van der Waals surface area contributed by atoms with Crippen molar-refractivity contribution in [3.05, 3.63) is 48.0 Å². The number of hydrogen-bond donors (Lipinski definition) is 2. The first-order valence-electron chi connectivity index (χ1n) is 10.2. The van der Waals surface area contributed by atoms with Crippen molar-refractivity contribution < 1.29 is 4.74 Å². The molecule has 2 aliphatic rings. The van der Waals surface area contributed by atoms with E-state index in [4.69, 9.17) is 4.74 Å². The number of para-hydroxylation sites is 1. The smallest absolute Gasteiger partial charge is 0.127 e. The minimum Gasteiger partial charge on any atom is -0.493 e. The Morgan fingerprint density at radius 2 is 1.81 bits per heavy atom. The Labute approximate surface area is 157 Å². The molecule has 0 bridgehead atoms. The molecule has 2 N–H and O–H groups in total. The summed E-state index contributed by atoms with van der Waals surface area (Å²) in [5.74, 6) is 1.61. The maximum atomic E-state index is 6.18. The molecule has 1 saturated heterocycles. The van der Waals surface area contributed by atoms with Crippen LogP contribution in [0, 0.1) is 0 Å². The van der Waals surface area contributed by atoms with Gasteiger partial charge in [0.2, 0.25) is 0 Å². The first kappa shape index (κ1) is 17.4. The van der Waals surface area contributed by atoms with Crippen molar-refractivity contribution in [1.29, 1.82) is 0 Å². The van der Waals surface area contributed by atoms with Gasteiger partial charge in [0.05, 0.1) is 6.61 Å². The highest BCUT2D eigenvalue weighted by Crippen LogP contribution is 2.46. The molecule has 1 fully saturated rings. The van der Waals surface area contributed by atoms with Crippen molar-refractivity contribution in [2.75, 3.05) is 25.0 Å². The lowest BCUT2D eigenvalue weighted by atomic mass is 9.85. The highest BCUT2D eigenvalue weighted by Gasteiger charge is 2.35. The summed E-state index contributed by atoms with van der Waals surface area (Å²) in [6.07, 6.45) is 5.95. The van der Waals surface area contributed by atoms with Crippen molar-refractivity contribution in [2.24, 2.45) is 0 Å². The zero-order valence-corrected chi connectivity index (χ0v) is 15.8. The van der Waals surface area contributed by atoms with Crippen LogP contribution >= 0.6 is 0 Å². The molecule has 3 heteroatoms. The van der Waals surface area contributed by atoms with Crippen molar-refractivity contribution in [3.8, 4) is 16.9 Å². The SMILES string of the molecule is CCCCCOc1ccccc1-c1cccc2c1[C@H]1CCNCC[C@@H]1N2. The Morgan fingerprint density at radius 1 is 0.962 bits per heavy atom. The summed E-state index contributed by atoms with van der Waals surface area (Å²) in [7, 11) is 0. The molecule has 0 aliphatic carbocycles. The van der Waals surface area contributed by atoms with Gasteiger partial charge in [0.15, 0.2) is 0 Å². The van der Waals surface area contributed by atoms with E-state index in [1.54, 1.807) is 0 Å². The summed E-state index contributed by atoms with van der Waals surface area (Å²) in [4.78, 5) is 0. The Kier molecular flexibility index (Phi) is 5.45. The molecule has 4 rings (SSSR count). The molecule has 0 spiro atoms. The Morgan fingerprint density at radius 3 is 2.73 bits per heavy atom. The third kappa shape index (κ3) is 3.45. The van der Waals surface area contributed by atoms with Gasteiger partial charge >= 0.3 is 0 Å². The van der Waals surface area contributed by atoms with E-state index < -0.39 is 0 Å². The molecule has 0 radical (unpaired) electrons. The van der Waals surface area contributed by atoms with Gasteiger partial charge in [-0.25, -0.2) is 0 Å². The Hall–Kier alpha value is -2.00. The molecule has 0 saturated carbocycles. The molecule has 2 aromatic carbocycles. The fraction of sp³-hybridized carbons (Fsp3) is 0.478. The van der Waals surface area contributed by atoms with Crippen molar-refractivity contribution in [1.82, 2.24) is 5.32 Å². The van der Waals surface area contributed by atoms with Crippen LogP contribution in [0.3, 0.4) is 0 Å². The van der Waals surface area contributed by atoms with Gasteiger partial charge in [0.25, 0.3) is 0 Å². The van der Waals surface area contributed by atoms with Crippen molar-refractivity contribution in [2.45, 2.75) is 51.0 Å². The molecule has 0 unspecified atom stereocenters. The van der Waals surface area contributed by atoms with Crippen molar-refractivity contribution in [3.63, 3.8) is 0 Å². The van der Waals surface area contributed by atoms with Gasteiger partial charge in [-0.1, -0.05) is 50.1 Å². The lowest BCUT2D eigenvalue weighted by Gasteiger charge is -2.19. The molecule has 2 aliphatic heterocycles. The average molecular weight is 351 g/mol. The molecule has 0 aromatic heterocycles. The molecule has 3 nitrogen and oxygen atoms in total. The second-order valence-electron chi connectivity index (χ2n) is 7.50. The summed E-state index contributed by atoms with van der Waals surface area (Å²) in [5.41, 5.74) is 5.39. The molecule has 138 valence electrons. The van der Waals surface area contributed by atoms with Crippen molar-refractivity contribution >= 4 is 5.69 Å². The van der Waals surface area contributed by atoms with Crippen LogP contribution in [-0.4, -0.2) is 25.7 Å². The van der Waals surface area contributed by atoms with E-state index in [1.165, 1.54) is 48.1 Å². The van der Waals surface area contributed by atoms with E-state index in [0.717, 1.165) is 31.9 Å². The average Bonchev–Trinajstić information content (AvgIpc) is 2.87. The third-order valence-corrected chi connectivity index (χ3v) is 5.75. The van der Waals surface area contributed by atoms with Crippen LogP contribution in [0.1, 0.15) is 50.5 Å². The molecular weight excluding hydrogens is 320 g/mol. The zero-order chi connectivity index (χ0) is 17.8. The number of anilines is 1. The van der Waals surface area contributed by atoms with Gasteiger partial charge in [-0.05, 0) is 55.6 Å². The highest BCUT2D eigenvalue weighted by molar-refractivity contribution is 5.81. The summed E-state index contributed by atoms with van der Waals surface area (Å²) in [5, 5.41) is 7.34. The summed E-state index contributed by atoms with van der Waals surface area (Å²) < 4.78 is 6.18. The maximum absolute atomic E-state index is 6.18. The lowest BCUT2D eigenvalue weighted by Crippen LogP contribution is -2.21.